The van der Waals surface area contributed by atoms with Gasteiger partial charge in [-0.25, -0.2) is 13.1 Å². The van der Waals surface area contributed by atoms with Crippen molar-refractivity contribution < 1.29 is 17.9 Å². The van der Waals surface area contributed by atoms with Crippen molar-refractivity contribution in [3.63, 3.8) is 0 Å². The molecule has 7 nitrogen and oxygen atoms in total. The van der Waals surface area contributed by atoms with Crippen LogP contribution in [0.3, 0.4) is 0 Å². The standard InChI is InChI=1S/C18H20N2O5S2/c1-4-25-16-9-12(5-8-15(16)24-3)11-19-27(22,23)13-6-7-14-17(10-13)26-18(21)20(14)2/h5-10,19H,4,11H2,1-3H3. The minimum atomic E-state index is -3.72. The smallest absolute Gasteiger partial charge is 0.307 e. The van der Waals surface area contributed by atoms with Gasteiger partial charge in [-0.05, 0) is 42.8 Å². The number of sulfonamides is 1. The van der Waals surface area contributed by atoms with E-state index >= 15 is 0 Å². The highest BCUT2D eigenvalue weighted by Crippen LogP contribution is 2.28. The summed E-state index contributed by atoms with van der Waals surface area (Å²) in [5.74, 6) is 1.15. The molecule has 0 aliphatic carbocycles. The van der Waals surface area contributed by atoms with Crippen molar-refractivity contribution in [2.75, 3.05) is 13.7 Å². The van der Waals surface area contributed by atoms with E-state index in [9.17, 15) is 13.2 Å². The summed E-state index contributed by atoms with van der Waals surface area (Å²) in [6.07, 6.45) is 0. The van der Waals surface area contributed by atoms with Gasteiger partial charge in [-0.3, -0.25) is 4.79 Å². The number of thiazole rings is 1. The van der Waals surface area contributed by atoms with Crippen LogP contribution in [-0.4, -0.2) is 26.7 Å². The molecule has 0 atom stereocenters. The number of nitrogens with one attached hydrogen (secondary N) is 1. The van der Waals surface area contributed by atoms with Crippen LogP contribution in [0.5, 0.6) is 11.5 Å². The molecule has 0 spiro atoms. The second-order valence-corrected chi connectivity index (χ2v) is 8.56. The monoisotopic (exact) mass is 408 g/mol. The third-order valence-electron chi connectivity index (χ3n) is 4.07. The van der Waals surface area contributed by atoms with E-state index in [2.05, 4.69) is 4.72 Å². The number of aromatic nitrogens is 1. The van der Waals surface area contributed by atoms with E-state index in [1.807, 2.05) is 6.92 Å². The maximum atomic E-state index is 12.6. The van der Waals surface area contributed by atoms with Gasteiger partial charge in [0.05, 0.1) is 28.8 Å². The Kier molecular flexibility index (Phi) is 5.54. The molecule has 27 heavy (non-hydrogen) atoms. The fourth-order valence-electron chi connectivity index (χ4n) is 2.64. The minimum absolute atomic E-state index is 0.107. The van der Waals surface area contributed by atoms with Crippen LogP contribution in [0.15, 0.2) is 46.1 Å². The van der Waals surface area contributed by atoms with Crippen molar-refractivity contribution in [3.05, 3.63) is 51.6 Å². The maximum Gasteiger partial charge on any atom is 0.307 e. The van der Waals surface area contributed by atoms with Crippen LogP contribution >= 0.6 is 11.3 Å². The van der Waals surface area contributed by atoms with Gasteiger partial charge in [-0.2, -0.15) is 0 Å². The Morgan fingerprint density at radius 1 is 1.15 bits per heavy atom. The zero-order chi connectivity index (χ0) is 19.6. The molecule has 0 unspecified atom stereocenters. The van der Waals surface area contributed by atoms with Crippen molar-refractivity contribution in [2.45, 2.75) is 18.4 Å². The number of hydrogen-bond donors (Lipinski definition) is 1. The number of ether oxygens (including phenoxy) is 2. The molecule has 0 aliphatic heterocycles. The summed E-state index contributed by atoms with van der Waals surface area (Å²) in [6, 6.07) is 9.91. The van der Waals surface area contributed by atoms with Crippen molar-refractivity contribution in [3.8, 4) is 11.5 Å². The first-order valence-corrected chi connectivity index (χ1v) is 10.5. The van der Waals surface area contributed by atoms with Crippen molar-refractivity contribution in [1.82, 2.24) is 9.29 Å². The van der Waals surface area contributed by atoms with Crippen LogP contribution in [0.1, 0.15) is 12.5 Å². The molecule has 9 heteroatoms. The average molecular weight is 409 g/mol. The molecular formula is C18H20N2O5S2. The predicted octanol–water partition coefficient (Wildman–Crippen LogP) is 2.49. The van der Waals surface area contributed by atoms with Crippen molar-refractivity contribution in [2.24, 2.45) is 7.05 Å². The number of nitrogens with zero attached hydrogens (tertiary/aromatic N) is 1. The molecule has 0 saturated heterocycles. The van der Waals surface area contributed by atoms with E-state index in [4.69, 9.17) is 9.47 Å². The summed E-state index contributed by atoms with van der Waals surface area (Å²) in [5, 5.41) is 0. The predicted molar refractivity (Wildman–Crippen MR) is 105 cm³/mol. The minimum Gasteiger partial charge on any atom is -0.493 e. The summed E-state index contributed by atoms with van der Waals surface area (Å²) < 4.78 is 40.7. The molecule has 0 fully saturated rings. The van der Waals surface area contributed by atoms with Crippen LogP contribution in [0, 0.1) is 0 Å². The molecule has 1 N–H and O–H groups in total. The molecule has 1 aromatic heterocycles. The lowest BCUT2D eigenvalue weighted by Crippen LogP contribution is -2.23. The van der Waals surface area contributed by atoms with Gasteiger partial charge in [0.15, 0.2) is 11.5 Å². The number of fused-ring (bicyclic) bond motifs is 1. The number of methoxy groups -OCH3 is 1. The number of aryl methyl sites for hydroxylation is 1. The number of benzene rings is 2. The molecule has 3 rings (SSSR count). The van der Waals surface area contributed by atoms with E-state index < -0.39 is 10.0 Å². The van der Waals surface area contributed by atoms with Crippen LogP contribution in [0.25, 0.3) is 10.2 Å². The van der Waals surface area contributed by atoms with E-state index in [-0.39, 0.29) is 16.3 Å². The molecule has 0 radical (unpaired) electrons. The Morgan fingerprint density at radius 3 is 2.63 bits per heavy atom. The second-order valence-electron chi connectivity index (χ2n) is 5.80. The van der Waals surface area contributed by atoms with Gasteiger partial charge in [0.1, 0.15) is 0 Å². The molecule has 3 aromatic rings. The highest BCUT2D eigenvalue weighted by atomic mass is 32.2. The van der Waals surface area contributed by atoms with Crippen LogP contribution in [0.4, 0.5) is 0 Å². The summed E-state index contributed by atoms with van der Waals surface area (Å²) in [5.41, 5.74) is 1.45. The van der Waals surface area contributed by atoms with Gasteiger partial charge in [-0.15, -0.1) is 0 Å². The summed E-state index contributed by atoms with van der Waals surface area (Å²) in [7, 11) is -0.511. The Morgan fingerprint density at radius 2 is 1.93 bits per heavy atom. The van der Waals surface area contributed by atoms with Gasteiger partial charge in [-0.1, -0.05) is 17.4 Å². The zero-order valence-electron chi connectivity index (χ0n) is 15.2. The molecule has 0 amide bonds. The topological polar surface area (TPSA) is 86.6 Å². The quantitative estimate of drug-likeness (QED) is 0.649. The van der Waals surface area contributed by atoms with Gasteiger partial charge in [0.2, 0.25) is 10.0 Å². The molecule has 1 heterocycles. The first kappa shape index (κ1) is 19.4. The number of hydrogen-bond acceptors (Lipinski definition) is 6. The Balaban J connectivity index is 1.83. The molecule has 0 saturated carbocycles. The Bertz CT molecular complexity index is 1130. The third kappa shape index (κ3) is 4.00. The average Bonchev–Trinajstić information content (AvgIpc) is 2.94. The fraction of sp³-hybridized carbons (Fsp3) is 0.278. The van der Waals surface area contributed by atoms with E-state index in [1.54, 1.807) is 38.4 Å². The molecule has 2 aromatic carbocycles. The normalized spacial score (nSPS) is 11.7. The third-order valence-corrected chi connectivity index (χ3v) is 6.46. The summed E-state index contributed by atoms with van der Waals surface area (Å²) in [6.45, 7) is 2.45. The Labute approximate surface area is 161 Å². The lowest BCUT2D eigenvalue weighted by atomic mass is 10.2. The van der Waals surface area contributed by atoms with E-state index in [0.29, 0.717) is 28.3 Å². The van der Waals surface area contributed by atoms with E-state index in [1.165, 1.54) is 16.7 Å². The SMILES string of the molecule is CCOc1cc(CNS(=O)(=O)c2ccc3c(c2)sc(=O)n3C)ccc1OC. The largest absolute Gasteiger partial charge is 0.493 e. The zero-order valence-corrected chi connectivity index (χ0v) is 16.8. The second kappa shape index (κ2) is 7.71. The molecule has 0 aliphatic rings. The highest BCUT2D eigenvalue weighted by molar-refractivity contribution is 7.89. The summed E-state index contributed by atoms with van der Waals surface area (Å²) in [4.78, 5) is 11.7. The van der Waals surface area contributed by atoms with Gasteiger partial charge >= 0.3 is 4.87 Å². The first-order valence-electron chi connectivity index (χ1n) is 8.24. The molecule has 0 bridgehead atoms. The maximum absolute atomic E-state index is 12.6. The lowest BCUT2D eigenvalue weighted by Gasteiger charge is -2.12. The van der Waals surface area contributed by atoms with Crippen LogP contribution in [-0.2, 0) is 23.6 Å². The van der Waals surface area contributed by atoms with E-state index in [0.717, 1.165) is 16.9 Å². The van der Waals surface area contributed by atoms with Crippen LogP contribution in [0.2, 0.25) is 0 Å². The summed E-state index contributed by atoms with van der Waals surface area (Å²) >= 11 is 1.02. The lowest BCUT2D eigenvalue weighted by molar-refractivity contribution is 0.310. The first-order chi connectivity index (χ1) is 12.9. The van der Waals surface area contributed by atoms with Crippen molar-refractivity contribution >= 4 is 31.6 Å². The van der Waals surface area contributed by atoms with Gasteiger partial charge in [0.25, 0.3) is 0 Å². The van der Waals surface area contributed by atoms with Crippen molar-refractivity contribution in [1.29, 1.82) is 0 Å². The molecule has 144 valence electrons. The fourth-order valence-corrected chi connectivity index (χ4v) is 4.68. The van der Waals surface area contributed by atoms with Gasteiger partial charge < -0.3 is 14.0 Å². The Hall–Kier alpha value is -2.36. The van der Waals surface area contributed by atoms with Crippen LogP contribution < -0.4 is 19.1 Å². The number of rotatable bonds is 7. The van der Waals surface area contributed by atoms with Gasteiger partial charge in [0, 0.05) is 13.6 Å². The molecular weight excluding hydrogens is 388 g/mol. The highest BCUT2D eigenvalue weighted by Gasteiger charge is 2.16.